The van der Waals surface area contributed by atoms with Crippen LogP contribution in [0.25, 0.3) is 11.1 Å². The number of anilines is 1. The van der Waals surface area contributed by atoms with Gasteiger partial charge in [0, 0.05) is 36.9 Å². The van der Waals surface area contributed by atoms with Crippen molar-refractivity contribution in [2.45, 2.75) is 69.4 Å². The molecule has 0 aliphatic carbocycles. The lowest BCUT2D eigenvalue weighted by molar-refractivity contribution is -0.137. The van der Waals surface area contributed by atoms with Crippen LogP contribution >= 0.6 is 0 Å². The van der Waals surface area contributed by atoms with E-state index in [-0.39, 0.29) is 12.5 Å². The number of hydrogen-bond donors (Lipinski definition) is 2. The first-order valence-electron chi connectivity index (χ1n) is 11.8. The van der Waals surface area contributed by atoms with E-state index in [0.717, 1.165) is 36.1 Å². The van der Waals surface area contributed by atoms with Crippen molar-refractivity contribution in [2.75, 3.05) is 11.9 Å². The fraction of sp³-hybridized carbons (Fsp3) is 0.462. The quantitative estimate of drug-likeness (QED) is 0.583. The summed E-state index contributed by atoms with van der Waals surface area (Å²) in [4.78, 5) is 26.3. The Bertz CT molecular complexity index is 1010. The Morgan fingerprint density at radius 1 is 1.12 bits per heavy atom. The van der Waals surface area contributed by atoms with E-state index >= 15 is 0 Å². The Morgan fingerprint density at radius 3 is 2.52 bits per heavy atom. The molecule has 0 spiro atoms. The minimum absolute atomic E-state index is 0.113. The van der Waals surface area contributed by atoms with Crippen LogP contribution in [-0.2, 0) is 20.7 Å². The van der Waals surface area contributed by atoms with Gasteiger partial charge in [-0.1, -0.05) is 49.4 Å². The molecule has 0 unspecified atom stereocenters. The molecular formula is C26H30N2O5. The Kier molecular flexibility index (Phi) is 6.08. The molecule has 7 heteroatoms. The van der Waals surface area contributed by atoms with E-state index in [9.17, 15) is 9.59 Å². The number of hydrogen-bond acceptors (Lipinski definition) is 5. The van der Waals surface area contributed by atoms with Gasteiger partial charge in [-0.15, -0.1) is 0 Å². The van der Waals surface area contributed by atoms with Crippen LogP contribution in [-0.4, -0.2) is 59.0 Å². The molecule has 3 saturated heterocycles. The molecule has 174 valence electrons. The fourth-order valence-corrected chi connectivity index (χ4v) is 5.57. The van der Waals surface area contributed by atoms with E-state index in [2.05, 4.69) is 17.1 Å². The summed E-state index contributed by atoms with van der Waals surface area (Å²) in [6, 6.07) is 16.5. The number of rotatable bonds is 8. The van der Waals surface area contributed by atoms with Gasteiger partial charge in [0.2, 0.25) is 0 Å². The lowest BCUT2D eigenvalue weighted by atomic mass is 9.98. The number of morpholine rings is 1. The summed E-state index contributed by atoms with van der Waals surface area (Å²) in [5.74, 6) is -0.802. The van der Waals surface area contributed by atoms with Crippen molar-refractivity contribution >= 4 is 17.7 Å². The van der Waals surface area contributed by atoms with Crippen LogP contribution < -0.4 is 5.32 Å². The fourth-order valence-electron chi connectivity index (χ4n) is 5.57. The van der Waals surface area contributed by atoms with Crippen molar-refractivity contribution in [1.82, 2.24) is 4.90 Å². The normalized spacial score (nSPS) is 27.6. The van der Waals surface area contributed by atoms with Gasteiger partial charge < -0.3 is 14.6 Å². The van der Waals surface area contributed by atoms with E-state index in [1.165, 1.54) is 0 Å². The molecule has 2 N–H and O–H groups in total. The number of nitrogens with zero attached hydrogens (tertiary/aromatic N) is 1. The number of fused-ring (bicyclic) bond motifs is 5. The zero-order valence-corrected chi connectivity index (χ0v) is 18.8. The molecule has 7 nitrogen and oxygen atoms in total. The molecule has 1 amide bonds. The van der Waals surface area contributed by atoms with Crippen LogP contribution in [0.4, 0.5) is 10.5 Å². The Hall–Kier alpha value is -2.90. The van der Waals surface area contributed by atoms with Crippen molar-refractivity contribution in [3.8, 4) is 11.1 Å². The Morgan fingerprint density at radius 2 is 1.85 bits per heavy atom. The summed E-state index contributed by atoms with van der Waals surface area (Å²) in [7, 11) is 0. The molecule has 5 atom stereocenters. The van der Waals surface area contributed by atoms with Crippen molar-refractivity contribution in [3.05, 3.63) is 54.1 Å². The molecule has 0 aromatic heterocycles. The number of likely N-dealkylation sites (N-methyl/N-ethyl adjacent to an activating group) is 1. The standard InChI is InChI=1S/C26H30N2O5/c1-2-28-21-14-18(15-22(28)25-24(21)33-25)32-26(31)27-20-13-16(7-6-10-23(29)30)11-12-19(20)17-8-4-3-5-9-17/h3-5,8-9,11-13,18,21-22,24-25H,2,6-7,10,14-15H2,1H3,(H,27,31)(H,29,30)/t18-,21-,22+,24-,25+. The summed E-state index contributed by atoms with van der Waals surface area (Å²) in [6.07, 6.45) is 2.96. The van der Waals surface area contributed by atoms with E-state index in [1.807, 2.05) is 48.5 Å². The number of amides is 1. The number of piperidine rings is 1. The zero-order chi connectivity index (χ0) is 22.9. The molecule has 3 fully saturated rings. The maximum absolute atomic E-state index is 12.9. The third-order valence-electron chi connectivity index (χ3n) is 7.08. The molecule has 0 saturated carbocycles. The molecule has 33 heavy (non-hydrogen) atoms. The molecular weight excluding hydrogens is 420 g/mol. The Labute approximate surface area is 193 Å². The number of carbonyl (C=O) groups is 2. The molecule has 2 aromatic rings. The second-order valence-corrected chi connectivity index (χ2v) is 9.15. The van der Waals surface area contributed by atoms with E-state index in [4.69, 9.17) is 14.6 Å². The van der Waals surface area contributed by atoms with Crippen LogP contribution in [0.15, 0.2) is 48.5 Å². The van der Waals surface area contributed by atoms with Crippen molar-refractivity contribution in [2.24, 2.45) is 0 Å². The largest absolute Gasteiger partial charge is 0.481 e. The van der Waals surface area contributed by atoms with E-state index < -0.39 is 12.1 Å². The Balaban J connectivity index is 1.28. The topological polar surface area (TPSA) is 91.4 Å². The smallest absolute Gasteiger partial charge is 0.411 e. The first kappa shape index (κ1) is 21.9. The van der Waals surface area contributed by atoms with Gasteiger partial charge in [-0.3, -0.25) is 15.0 Å². The van der Waals surface area contributed by atoms with Gasteiger partial charge in [0.25, 0.3) is 0 Å². The zero-order valence-electron chi connectivity index (χ0n) is 18.8. The van der Waals surface area contributed by atoms with Gasteiger partial charge in [0.15, 0.2) is 0 Å². The monoisotopic (exact) mass is 450 g/mol. The van der Waals surface area contributed by atoms with Crippen LogP contribution in [0.1, 0.15) is 38.2 Å². The van der Waals surface area contributed by atoms with Gasteiger partial charge in [-0.05, 0) is 36.6 Å². The summed E-state index contributed by atoms with van der Waals surface area (Å²) in [6.45, 7) is 3.17. The lowest BCUT2D eigenvalue weighted by Crippen LogP contribution is -2.50. The van der Waals surface area contributed by atoms with Gasteiger partial charge >= 0.3 is 12.1 Å². The molecule has 2 aromatic carbocycles. The highest BCUT2D eigenvalue weighted by atomic mass is 16.6. The second-order valence-electron chi connectivity index (χ2n) is 9.15. The molecule has 2 bridgehead atoms. The maximum atomic E-state index is 12.9. The molecule has 3 heterocycles. The number of carboxylic acid groups (broad SMARTS) is 1. The number of carbonyl (C=O) groups excluding carboxylic acids is 1. The number of carboxylic acids is 1. The predicted molar refractivity (Wildman–Crippen MR) is 124 cm³/mol. The number of nitrogens with one attached hydrogen (secondary N) is 1. The predicted octanol–water partition coefficient (Wildman–Crippen LogP) is 4.31. The average Bonchev–Trinajstić information content (AvgIpc) is 3.56. The molecule has 3 aliphatic heterocycles. The van der Waals surface area contributed by atoms with Gasteiger partial charge in [-0.25, -0.2) is 4.79 Å². The van der Waals surface area contributed by atoms with E-state index in [0.29, 0.717) is 42.8 Å². The van der Waals surface area contributed by atoms with Gasteiger partial charge in [0.05, 0.1) is 5.69 Å². The number of ether oxygens (including phenoxy) is 2. The van der Waals surface area contributed by atoms with Gasteiger partial charge in [0.1, 0.15) is 18.3 Å². The first-order valence-corrected chi connectivity index (χ1v) is 11.8. The second kappa shape index (κ2) is 9.15. The number of epoxide rings is 1. The van der Waals surface area contributed by atoms with Crippen molar-refractivity contribution in [3.63, 3.8) is 0 Å². The summed E-state index contributed by atoms with van der Waals surface area (Å²) in [5, 5.41) is 11.9. The van der Waals surface area contributed by atoms with Crippen molar-refractivity contribution in [1.29, 1.82) is 0 Å². The molecule has 0 radical (unpaired) electrons. The molecule has 5 rings (SSSR count). The van der Waals surface area contributed by atoms with Crippen LogP contribution in [0, 0.1) is 0 Å². The molecule has 3 aliphatic rings. The summed E-state index contributed by atoms with van der Waals surface area (Å²) >= 11 is 0. The van der Waals surface area contributed by atoms with E-state index in [1.54, 1.807) is 0 Å². The highest BCUT2D eigenvalue weighted by molar-refractivity contribution is 5.91. The number of aryl methyl sites for hydroxylation is 1. The first-order chi connectivity index (χ1) is 16.0. The highest BCUT2D eigenvalue weighted by Crippen LogP contribution is 2.48. The SMILES string of the molecule is CCN1[C@@H]2C[C@@H](OC(=O)Nc3cc(CCCC(=O)O)ccc3-c3ccccc3)C[C@H]1[C@@H]1O[C@@H]12. The van der Waals surface area contributed by atoms with Crippen LogP contribution in [0.3, 0.4) is 0 Å². The van der Waals surface area contributed by atoms with Crippen LogP contribution in [0.2, 0.25) is 0 Å². The summed E-state index contributed by atoms with van der Waals surface area (Å²) in [5.41, 5.74) is 3.57. The third-order valence-corrected chi connectivity index (χ3v) is 7.08. The lowest BCUT2D eigenvalue weighted by Gasteiger charge is -2.39. The third kappa shape index (κ3) is 4.61. The van der Waals surface area contributed by atoms with Crippen molar-refractivity contribution < 1.29 is 24.2 Å². The van der Waals surface area contributed by atoms with Gasteiger partial charge in [-0.2, -0.15) is 0 Å². The number of aliphatic carboxylic acids is 1. The minimum atomic E-state index is -0.802. The maximum Gasteiger partial charge on any atom is 0.411 e. The highest BCUT2D eigenvalue weighted by Gasteiger charge is 2.63. The summed E-state index contributed by atoms with van der Waals surface area (Å²) < 4.78 is 11.7. The number of benzene rings is 2. The van der Waals surface area contributed by atoms with Crippen LogP contribution in [0.5, 0.6) is 0 Å². The average molecular weight is 451 g/mol. The minimum Gasteiger partial charge on any atom is -0.481 e.